The minimum Gasteiger partial charge on any atom is -0.458 e. The molecule has 4 heterocycles. The summed E-state index contributed by atoms with van der Waals surface area (Å²) in [6, 6.07) is -0.655. The summed E-state index contributed by atoms with van der Waals surface area (Å²) < 4.78 is 62.4. The van der Waals surface area contributed by atoms with Crippen molar-refractivity contribution in [2.45, 2.75) is 192 Å². The van der Waals surface area contributed by atoms with E-state index in [1.807, 2.05) is 72.5 Å². The van der Waals surface area contributed by atoms with Gasteiger partial charge >= 0.3 is 18.1 Å². The lowest BCUT2D eigenvalue weighted by molar-refractivity contribution is -0.320. The number of nitrogens with zero attached hydrogens (tertiary/aromatic N) is 2. The predicted molar refractivity (Wildman–Crippen MR) is 217 cm³/mol. The van der Waals surface area contributed by atoms with Crippen molar-refractivity contribution in [2.24, 2.45) is 17.8 Å². The average molecular weight is 859 g/mol. The summed E-state index contributed by atoms with van der Waals surface area (Å²) in [5.41, 5.74) is -3.91. The van der Waals surface area contributed by atoms with Gasteiger partial charge in [-0.2, -0.15) is 0 Å². The zero-order chi connectivity index (χ0) is 45.1. The van der Waals surface area contributed by atoms with Gasteiger partial charge in [0, 0.05) is 39.0 Å². The average Bonchev–Trinajstić information content (AvgIpc) is 3.47. The van der Waals surface area contributed by atoms with Crippen LogP contribution in [0.25, 0.3) is 0 Å². The van der Waals surface area contributed by atoms with Crippen molar-refractivity contribution in [3.05, 3.63) is 0 Å². The minimum absolute atomic E-state index is 0.151. The summed E-state index contributed by atoms with van der Waals surface area (Å²) in [6.07, 6.45) is -7.26. The van der Waals surface area contributed by atoms with Crippen LogP contribution in [-0.2, 0) is 61.8 Å². The van der Waals surface area contributed by atoms with Crippen LogP contribution in [0.5, 0.6) is 0 Å². The second-order valence-corrected chi connectivity index (χ2v) is 18.6. The van der Waals surface area contributed by atoms with E-state index in [2.05, 4.69) is 0 Å². The van der Waals surface area contributed by atoms with Crippen LogP contribution in [0, 0.1) is 17.8 Å². The van der Waals surface area contributed by atoms with Gasteiger partial charge in [0.25, 0.3) is 0 Å². The lowest BCUT2D eigenvalue weighted by atomic mass is 9.77. The van der Waals surface area contributed by atoms with E-state index in [0.717, 1.165) is 0 Å². The first-order chi connectivity index (χ1) is 27.9. The zero-order valence-corrected chi connectivity index (χ0v) is 38.5. The summed E-state index contributed by atoms with van der Waals surface area (Å²) >= 11 is 0. The van der Waals surface area contributed by atoms with Crippen molar-refractivity contribution in [3.63, 3.8) is 0 Å². The number of ether oxygens (including phenoxy) is 10. The highest BCUT2D eigenvalue weighted by Gasteiger charge is 2.58. The Kier molecular flexibility index (Phi) is 17.0. The van der Waals surface area contributed by atoms with Gasteiger partial charge in [-0.1, -0.05) is 20.8 Å². The van der Waals surface area contributed by atoms with Crippen LogP contribution in [0.2, 0.25) is 0 Å². The normalized spacial score (nSPS) is 45.0. The Morgan fingerprint density at radius 3 is 2.23 bits per heavy atom. The molecular formula is C43H74N2O15. The van der Waals surface area contributed by atoms with E-state index in [9.17, 15) is 24.3 Å². The van der Waals surface area contributed by atoms with Crippen molar-refractivity contribution >= 4 is 24.4 Å². The molecule has 4 fully saturated rings. The van der Waals surface area contributed by atoms with Gasteiger partial charge in [-0.05, 0) is 94.8 Å². The first kappa shape index (κ1) is 50.2. The molecule has 1 N–H and O–H groups in total. The number of carbonyl (C=O) groups excluding carboxylic acids is 4. The van der Waals surface area contributed by atoms with E-state index in [4.69, 9.17) is 47.4 Å². The van der Waals surface area contributed by atoms with Gasteiger partial charge in [0.1, 0.15) is 25.1 Å². The van der Waals surface area contributed by atoms with Gasteiger partial charge in [0.15, 0.2) is 30.4 Å². The molecule has 18 atom stereocenters. The van der Waals surface area contributed by atoms with Crippen LogP contribution in [0.15, 0.2) is 0 Å². The van der Waals surface area contributed by atoms with Crippen molar-refractivity contribution in [1.82, 2.24) is 9.80 Å². The second kappa shape index (κ2) is 20.4. The van der Waals surface area contributed by atoms with E-state index in [0.29, 0.717) is 25.7 Å². The third-order valence-electron chi connectivity index (χ3n) is 13.2. The number of methoxy groups -OCH3 is 1. The molecule has 4 aliphatic heterocycles. The summed E-state index contributed by atoms with van der Waals surface area (Å²) in [5, 5.41) is 12.8. The number of esters is 2. The number of fused-ring (bicyclic) bond motifs is 1. The van der Waals surface area contributed by atoms with E-state index in [1.54, 1.807) is 34.8 Å². The first-order valence-corrected chi connectivity index (χ1v) is 21.5. The quantitative estimate of drug-likeness (QED) is 0.179. The van der Waals surface area contributed by atoms with E-state index >= 15 is 0 Å². The summed E-state index contributed by atoms with van der Waals surface area (Å²) in [4.78, 5) is 55.3. The standard InChI is InChI=1S/C43H74N2O15/c1-16-31-43(11)36(59-40(49)60-43)27(6)45(14)22-23(2)20-41(9,50)35(58-39-34(55-29(8)47)30(44(12)13)19-24(3)53-39)25(4)33(26(5)38(48)56-31)57-32-21-42(10,51-15)37(28(7)54-32)52-18-17-46/h17,23-28,30-37,39,50H,16,18-22H2,1-15H3/t23-,24-,25+,26-,27-,28+,30+,31-,32+,33+,34-,35-,36-,37+,39+,41-,42-,43-/m1/s1. The van der Waals surface area contributed by atoms with Crippen LogP contribution in [-0.4, -0.2) is 171 Å². The highest BCUT2D eigenvalue weighted by atomic mass is 16.8. The predicted octanol–water partition coefficient (Wildman–Crippen LogP) is 3.88. The maximum Gasteiger partial charge on any atom is 0.509 e. The number of hydrogen-bond acceptors (Lipinski definition) is 17. The molecule has 0 aromatic heterocycles. The third kappa shape index (κ3) is 11.2. The molecule has 0 aromatic rings. The molecule has 0 aliphatic carbocycles. The molecule has 60 heavy (non-hydrogen) atoms. The molecular weight excluding hydrogens is 784 g/mol. The lowest BCUT2D eigenvalue weighted by Crippen LogP contribution is -2.61. The molecule has 346 valence electrons. The highest BCUT2D eigenvalue weighted by molar-refractivity contribution is 5.73. The Labute approximate surface area is 356 Å². The van der Waals surface area contributed by atoms with Crippen LogP contribution in [0.3, 0.4) is 0 Å². The van der Waals surface area contributed by atoms with Gasteiger partial charge in [0.05, 0.1) is 47.6 Å². The van der Waals surface area contributed by atoms with E-state index in [-0.39, 0.29) is 43.6 Å². The molecule has 17 heteroatoms. The van der Waals surface area contributed by atoms with Crippen molar-refractivity contribution in [2.75, 3.05) is 41.4 Å². The lowest BCUT2D eigenvalue weighted by Gasteiger charge is -2.49. The molecule has 4 saturated heterocycles. The number of likely N-dealkylation sites (N-methyl/N-ethyl adjacent to an activating group) is 2. The van der Waals surface area contributed by atoms with Crippen LogP contribution in [0.1, 0.15) is 102 Å². The monoisotopic (exact) mass is 859 g/mol. The van der Waals surface area contributed by atoms with Gasteiger partial charge in [-0.3, -0.25) is 14.5 Å². The number of rotatable bonds is 11. The van der Waals surface area contributed by atoms with Gasteiger partial charge < -0.3 is 62.2 Å². The molecule has 0 bridgehead atoms. The molecule has 0 radical (unpaired) electrons. The molecule has 4 rings (SSSR count). The third-order valence-corrected chi connectivity index (χ3v) is 13.2. The molecule has 17 nitrogen and oxygen atoms in total. The summed E-state index contributed by atoms with van der Waals surface area (Å²) in [6.45, 7) is 19.9. The molecule has 0 saturated carbocycles. The Morgan fingerprint density at radius 2 is 1.65 bits per heavy atom. The SMILES string of the molecule is CC[C@H]1OC(=O)[C@H](C)[C@@H](O[C@H]2C[C@@](C)(OC)[C@@H](OCC=O)[C@H](C)O2)[C@H](C)[C@@H](O[C@@H]2O[C@H](C)C[C@H](N(C)C)[C@H]2OC(C)=O)[C@](C)(O)C[C@@H](C)CN(C)[C@H](C)[C@H]2OC(=O)O[C@@]21C. The maximum atomic E-state index is 14.6. The van der Waals surface area contributed by atoms with Gasteiger partial charge in [0.2, 0.25) is 0 Å². The number of cyclic esters (lactones) is 1. The topological polar surface area (TPSA) is 187 Å². The Balaban J connectivity index is 1.87. The molecule has 0 aromatic carbocycles. The molecule has 0 unspecified atom stereocenters. The fraction of sp³-hybridized carbons (Fsp3) is 0.907. The van der Waals surface area contributed by atoms with Crippen LogP contribution < -0.4 is 0 Å². The molecule has 4 aliphatic rings. The summed E-state index contributed by atoms with van der Waals surface area (Å²) in [5.74, 6) is -3.14. The fourth-order valence-electron chi connectivity index (χ4n) is 10.1. The smallest absolute Gasteiger partial charge is 0.458 e. The van der Waals surface area contributed by atoms with Crippen LogP contribution in [0.4, 0.5) is 4.79 Å². The largest absolute Gasteiger partial charge is 0.509 e. The maximum absolute atomic E-state index is 14.6. The number of aliphatic hydroxyl groups is 1. The number of carbonyl (C=O) groups is 4. The Morgan fingerprint density at radius 1 is 0.983 bits per heavy atom. The van der Waals surface area contributed by atoms with Crippen molar-refractivity contribution < 1.29 is 71.7 Å². The first-order valence-electron chi connectivity index (χ1n) is 21.5. The number of hydrogen-bond donors (Lipinski definition) is 1. The Bertz CT molecular complexity index is 1470. The minimum atomic E-state index is -1.61. The van der Waals surface area contributed by atoms with E-state index < -0.39 is 102 Å². The summed E-state index contributed by atoms with van der Waals surface area (Å²) in [7, 11) is 7.25. The van der Waals surface area contributed by atoms with Crippen molar-refractivity contribution in [1.29, 1.82) is 0 Å². The van der Waals surface area contributed by atoms with Gasteiger partial charge in [-0.25, -0.2) is 4.79 Å². The zero-order valence-electron chi connectivity index (χ0n) is 38.5. The van der Waals surface area contributed by atoms with Crippen molar-refractivity contribution in [3.8, 4) is 0 Å². The van der Waals surface area contributed by atoms with Crippen LogP contribution >= 0.6 is 0 Å². The second-order valence-electron chi connectivity index (χ2n) is 18.6. The fourth-order valence-corrected chi connectivity index (χ4v) is 10.1. The molecule has 0 spiro atoms. The Hall–Kier alpha value is -2.48. The van der Waals surface area contributed by atoms with Gasteiger partial charge in [-0.15, -0.1) is 0 Å². The molecule has 0 amide bonds. The number of aldehydes is 1. The van der Waals surface area contributed by atoms with E-state index in [1.165, 1.54) is 6.92 Å². The highest BCUT2D eigenvalue weighted by Crippen LogP contribution is 2.42.